The van der Waals surface area contributed by atoms with Crippen molar-refractivity contribution in [2.24, 2.45) is 5.73 Å². The lowest BCUT2D eigenvalue weighted by Gasteiger charge is -2.27. The van der Waals surface area contributed by atoms with Crippen LogP contribution in [0.15, 0.2) is 12.1 Å². The van der Waals surface area contributed by atoms with Gasteiger partial charge in [0.25, 0.3) is 5.91 Å². The summed E-state index contributed by atoms with van der Waals surface area (Å²) in [4.78, 5) is 25.9. The maximum Gasteiger partial charge on any atom is 0.263 e. The first kappa shape index (κ1) is 21.6. The second-order valence-electron chi connectivity index (χ2n) is 8.90. The second-order valence-corrected chi connectivity index (χ2v) is 11.1. The van der Waals surface area contributed by atoms with E-state index in [9.17, 15) is 4.79 Å². The molecule has 3 atom stereocenters. The first-order valence-corrected chi connectivity index (χ1v) is 12.4. The minimum Gasteiger partial charge on any atom is -0.396 e. The highest BCUT2D eigenvalue weighted by Crippen LogP contribution is 2.37. The molecule has 170 valence electrons. The molecule has 0 radical (unpaired) electrons. The van der Waals surface area contributed by atoms with Gasteiger partial charge in [-0.3, -0.25) is 4.79 Å². The van der Waals surface area contributed by atoms with Crippen molar-refractivity contribution in [3.63, 3.8) is 0 Å². The van der Waals surface area contributed by atoms with Crippen molar-refractivity contribution in [2.75, 3.05) is 30.8 Å². The number of aryl methyl sites for hydroxylation is 2. The smallest absolute Gasteiger partial charge is 0.263 e. The molecule has 3 aromatic heterocycles. The summed E-state index contributed by atoms with van der Waals surface area (Å²) in [5.41, 5.74) is 15.0. The Morgan fingerprint density at radius 2 is 2.16 bits per heavy atom. The maximum atomic E-state index is 12.9. The number of nitrogens with two attached hydrogens (primary N) is 2. The monoisotopic (exact) mass is 472 g/mol. The number of methoxy groups -OCH3 is 1. The van der Waals surface area contributed by atoms with Gasteiger partial charge in [-0.15, -0.1) is 22.7 Å². The number of pyridine rings is 1. The number of rotatable bonds is 4. The van der Waals surface area contributed by atoms with E-state index >= 15 is 0 Å². The maximum absolute atomic E-state index is 12.9. The number of nitrogens with zero attached hydrogens (tertiary/aromatic N) is 3. The third-order valence-electron chi connectivity index (χ3n) is 6.68. The summed E-state index contributed by atoms with van der Waals surface area (Å²) in [6.45, 7) is 5.44. The Hall–Kier alpha value is -2.27. The molecular formula is C22H28N6O2S2. The van der Waals surface area contributed by atoms with E-state index in [-0.39, 0.29) is 23.6 Å². The Bertz CT molecular complexity index is 1190. The molecule has 0 aromatic carbocycles. The number of carbonyl (C=O) groups is 1. The summed E-state index contributed by atoms with van der Waals surface area (Å²) < 4.78 is 6.56. The molecule has 32 heavy (non-hydrogen) atoms. The van der Waals surface area contributed by atoms with Crippen molar-refractivity contribution in [2.45, 2.75) is 50.8 Å². The normalized spacial score (nSPS) is 25.3. The average Bonchev–Trinajstić information content (AvgIpc) is 3.39. The van der Waals surface area contributed by atoms with E-state index in [1.165, 1.54) is 28.2 Å². The Labute approximate surface area is 195 Å². The van der Waals surface area contributed by atoms with Gasteiger partial charge in [-0.1, -0.05) is 6.07 Å². The van der Waals surface area contributed by atoms with Crippen LogP contribution in [0.3, 0.4) is 0 Å². The lowest BCUT2D eigenvalue weighted by molar-refractivity contribution is 0.0129. The van der Waals surface area contributed by atoms with E-state index in [1.807, 2.05) is 13.8 Å². The summed E-state index contributed by atoms with van der Waals surface area (Å²) in [5.74, 6) is 0.829. The summed E-state index contributed by atoms with van der Waals surface area (Å²) in [7, 11) is 1.71. The molecule has 5 N–H and O–H groups in total. The number of fused-ring (bicyclic) bond motifs is 2. The van der Waals surface area contributed by atoms with Crippen LogP contribution in [0.2, 0.25) is 0 Å². The van der Waals surface area contributed by atoms with Crippen molar-refractivity contribution in [3.05, 3.63) is 33.3 Å². The molecule has 4 heterocycles. The lowest BCUT2D eigenvalue weighted by Crippen LogP contribution is -2.45. The van der Waals surface area contributed by atoms with Crippen LogP contribution in [0.5, 0.6) is 0 Å². The molecular weight excluding hydrogens is 444 g/mol. The molecule has 3 unspecified atom stereocenters. The van der Waals surface area contributed by atoms with E-state index in [0.29, 0.717) is 10.6 Å². The van der Waals surface area contributed by atoms with Crippen molar-refractivity contribution in [1.82, 2.24) is 15.3 Å². The summed E-state index contributed by atoms with van der Waals surface area (Å²) in [6, 6.07) is 4.20. The Morgan fingerprint density at radius 3 is 2.88 bits per heavy atom. The number of hydrogen-bond donors (Lipinski definition) is 3. The Balaban J connectivity index is 1.27. The van der Waals surface area contributed by atoms with Gasteiger partial charge in [-0.2, -0.15) is 0 Å². The van der Waals surface area contributed by atoms with E-state index in [2.05, 4.69) is 27.3 Å². The summed E-state index contributed by atoms with van der Waals surface area (Å²) >= 11 is 2.90. The quantitative estimate of drug-likeness (QED) is 0.534. The lowest BCUT2D eigenvalue weighted by atomic mass is 9.91. The van der Waals surface area contributed by atoms with Crippen LogP contribution in [-0.2, 0) is 17.6 Å². The molecule has 3 aromatic rings. The Morgan fingerprint density at radius 1 is 1.34 bits per heavy atom. The number of hydrogen-bond acceptors (Lipinski definition) is 9. The van der Waals surface area contributed by atoms with Crippen molar-refractivity contribution in [3.8, 4) is 0 Å². The number of ether oxygens (including phenoxy) is 1. The van der Waals surface area contributed by atoms with Crippen LogP contribution >= 0.6 is 22.7 Å². The number of aromatic nitrogens is 2. The van der Waals surface area contributed by atoms with Crippen molar-refractivity contribution in [1.29, 1.82) is 0 Å². The van der Waals surface area contributed by atoms with Gasteiger partial charge in [0.05, 0.1) is 27.0 Å². The number of thiophene rings is 1. The SMILES string of the molecule is COC1(C)CN(c2ccc3c(n2)CCC(NC(=O)c2sc4nc(C)sc4c2N)C3)CC1N. The van der Waals surface area contributed by atoms with Gasteiger partial charge in [0.2, 0.25) is 0 Å². The minimum atomic E-state index is -0.362. The molecule has 8 nitrogen and oxygen atoms in total. The van der Waals surface area contributed by atoms with E-state index in [1.54, 1.807) is 7.11 Å². The molecule has 1 aliphatic carbocycles. The highest BCUT2D eigenvalue weighted by molar-refractivity contribution is 7.29. The standard InChI is InChI=1S/C22H28N6O2S2/c1-11-25-21-19(31-11)17(24)18(32-21)20(29)26-13-5-6-14-12(8-13)4-7-16(27-14)28-9-15(23)22(2,10-28)30-3/h4,7,13,15H,5-6,8-10,23-24H2,1-3H3,(H,26,29). The van der Waals surface area contributed by atoms with Gasteiger partial charge >= 0.3 is 0 Å². The van der Waals surface area contributed by atoms with Crippen molar-refractivity contribution >= 4 is 49.6 Å². The fourth-order valence-electron chi connectivity index (χ4n) is 4.60. The molecule has 1 saturated heterocycles. The summed E-state index contributed by atoms with van der Waals surface area (Å²) in [6.07, 6.45) is 2.44. The highest BCUT2D eigenvalue weighted by Gasteiger charge is 2.41. The predicted molar refractivity (Wildman–Crippen MR) is 130 cm³/mol. The van der Waals surface area contributed by atoms with E-state index in [4.69, 9.17) is 21.2 Å². The van der Waals surface area contributed by atoms with Crippen LogP contribution in [0, 0.1) is 6.92 Å². The zero-order valence-electron chi connectivity index (χ0n) is 18.5. The van der Waals surface area contributed by atoms with Crippen LogP contribution in [-0.4, -0.2) is 53.8 Å². The molecule has 0 bridgehead atoms. The third-order valence-corrected chi connectivity index (χ3v) is 8.91. The molecule has 10 heteroatoms. The first-order chi connectivity index (χ1) is 15.3. The van der Waals surface area contributed by atoms with Crippen LogP contribution in [0.25, 0.3) is 9.53 Å². The topological polar surface area (TPSA) is 119 Å². The first-order valence-electron chi connectivity index (χ1n) is 10.8. The van der Waals surface area contributed by atoms with Crippen LogP contribution in [0.1, 0.15) is 39.3 Å². The number of nitrogen functional groups attached to an aromatic ring is 1. The van der Waals surface area contributed by atoms with Gasteiger partial charge in [0.1, 0.15) is 15.5 Å². The van der Waals surface area contributed by atoms with E-state index < -0.39 is 0 Å². The van der Waals surface area contributed by atoms with Crippen LogP contribution in [0.4, 0.5) is 11.5 Å². The second kappa shape index (κ2) is 7.95. The molecule has 1 aliphatic heterocycles. The number of carbonyl (C=O) groups excluding carboxylic acids is 1. The Kier molecular flexibility index (Phi) is 5.36. The number of nitrogens with one attached hydrogen (secondary N) is 1. The predicted octanol–water partition coefficient (Wildman–Crippen LogP) is 2.48. The summed E-state index contributed by atoms with van der Waals surface area (Å²) in [5, 5.41) is 4.13. The number of amides is 1. The fraction of sp³-hybridized carbons (Fsp3) is 0.500. The minimum absolute atomic E-state index is 0.0519. The van der Waals surface area contributed by atoms with Crippen LogP contribution < -0.4 is 21.7 Å². The third kappa shape index (κ3) is 3.64. The van der Waals surface area contributed by atoms with Gasteiger partial charge in [0, 0.05) is 31.9 Å². The van der Waals surface area contributed by atoms with Gasteiger partial charge in [-0.25, -0.2) is 9.97 Å². The van der Waals surface area contributed by atoms with Gasteiger partial charge < -0.3 is 26.4 Å². The highest BCUT2D eigenvalue weighted by atomic mass is 32.1. The average molecular weight is 473 g/mol. The number of anilines is 2. The number of thiazole rings is 1. The molecule has 1 amide bonds. The zero-order chi connectivity index (χ0) is 22.6. The van der Waals surface area contributed by atoms with E-state index in [0.717, 1.165) is 58.4 Å². The molecule has 1 fully saturated rings. The van der Waals surface area contributed by atoms with Gasteiger partial charge in [-0.05, 0) is 44.7 Å². The molecule has 0 saturated carbocycles. The zero-order valence-corrected chi connectivity index (χ0v) is 20.1. The molecule has 2 aliphatic rings. The molecule has 0 spiro atoms. The largest absolute Gasteiger partial charge is 0.396 e. The van der Waals surface area contributed by atoms with Gasteiger partial charge in [0.15, 0.2) is 0 Å². The fourth-order valence-corrected chi connectivity index (χ4v) is 6.69. The van der Waals surface area contributed by atoms with Crippen molar-refractivity contribution < 1.29 is 9.53 Å². The molecule has 5 rings (SSSR count).